The minimum Gasteiger partial charge on any atom is -0.397 e. The van der Waals surface area contributed by atoms with E-state index in [0.717, 1.165) is 75.4 Å². The van der Waals surface area contributed by atoms with Crippen molar-refractivity contribution in [3.8, 4) is 0 Å². The lowest BCUT2D eigenvalue weighted by Crippen LogP contribution is -2.38. The third-order valence-corrected chi connectivity index (χ3v) is 3.88. The number of rotatable bonds is 2. The average molecular weight is 278 g/mol. The molecule has 6 nitrogen and oxygen atoms in total. The van der Waals surface area contributed by atoms with E-state index >= 15 is 0 Å². The normalized spacial score (nSPS) is 20.2. The Morgan fingerprint density at radius 1 is 0.700 bits per heavy atom. The number of anilines is 4. The van der Waals surface area contributed by atoms with Crippen molar-refractivity contribution in [3.63, 3.8) is 0 Å². The molecule has 0 saturated carbocycles. The molecule has 2 aliphatic rings. The quantitative estimate of drug-likeness (QED) is 0.768. The lowest BCUT2D eigenvalue weighted by atomic mass is 10.1. The Kier molecular flexibility index (Phi) is 3.84. The number of hydrogen-bond donors (Lipinski definition) is 2. The monoisotopic (exact) mass is 278 g/mol. The van der Waals surface area contributed by atoms with E-state index in [1.54, 1.807) is 0 Å². The number of morpholine rings is 2. The molecule has 3 rings (SSSR count). The first kappa shape index (κ1) is 13.3. The Morgan fingerprint density at radius 2 is 1.10 bits per heavy atom. The van der Waals surface area contributed by atoms with Gasteiger partial charge in [-0.3, -0.25) is 0 Å². The molecule has 1 aromatic rings. The van der Waals surface area contributed by atoms with Gasteiger partial charge < -0.3 is 30.7 Å². The summed E-state index contributed by atoms with van der Waals surface area (Å²) in [5, 5.41) is 0. The zero-order valence-corrected chi connectivity index (χ0v) is 11.7. The van der Waals surface area contributed by atoms with Crippen LogP contribution >= 0.6 is 0 Å². The van der Waals surface area contributed by atoms with Gasteiger partial charge in [0.15, 0.2) is 0 Å². The highest BCUT2D eigenvalue weighted by molar-refractivity contribution is 5.82. The van der Waals surface area contributed by atoms with E-state index in [-0.39, 0.29) is 0 Å². The number of hydrogen-bond acceptors (Lipinski definition) is 6. The molecule has 0 aromatic heterocycles. The van der Waals surface area contributed by atoms with Crippen LogP contribution < -0.4 is 21.3 Å². The molecule has 0 amide bonds. The molecule has 0 aliphatic carbocycles. The second kappa shape index (κ2) is 5.76. The fourth-order valence-electron chi connectivity index (χ4n) is 2.77. The number of nitrogens with two attached hydrogens (primary N) is 2. The van der Waals surface area contributed by atoms with Gasteiger partial charge in [-0.05, 0) is 12.1 Å². The molecule has 0 atom stereocenters. The number of nitrogen functional groups attached to an aromatic ring is 2. The highest BCUT2D eigenvalue weighted by atomic mass is 16.5. The molecular weight excluding hydrogens is 256 g/mol. The van der Waals surface area contributed by atoms with Gasteiger partial charge in [0.25, 0.3) is 0 Å². The third kappa shape index (κ3) is 2.62. The maximum absolute atomic E-state index is 6.14. The molecule has 0 radical (unpaired) electrons. The minimum atomic E-state index is 0.737. The van der Waals surface area contributed by atoms with Crippen LogP contribution in [0.1, 0.15) is 0 Å². The first-order chi connectivity index (χ1) is 9.75. The molecule has 6 heteroatoms. The molecule has 2 aliphatic heterocycles. The second-order valence-corrected chi connectivity index (χ2v) is 5.17. The fourth-order valence-corrected chi connectivity index (χ4v) is 2.77. The number of ether oxygens (including phenoxy) is 2. The Hall–Kier alpha value is -1.66. The van der Waals surface area contributed by atoms with Gasteiger partial charge in [-0.1, -0.05) is 0 Å². The van der Waals surface area contributed by atoms with Crippen molar-refractivity contribution >= 4 is 22.7 Å². The maximum Gasteiger partial charge on any atom is 0.0642 e. The zero-order valence-electron chi connectivity index (χ0n) is 11.7. The molecule has 0 bridgehead atoms. The highest BCUT2D eigenvalue weighted by Gasteiger charge is 2.19. The summed E-state index contributed by atoms with van der Waals surface area (Å²) in [5.74, 6) is 0. The smallest absolute Gasteiger partial charge is 0.0642 e. The molecule has 0 unspecified atom stereocenters. The summed E-state index contributed by atoms with van der Waals surface area (Å²) < 4.78 is 10.8. The van der Waals surface area contributed by atoms with E-state index in [0.29, 0.717) is 0 Å². The fraction of sp³-hybridized carbons (Fsp3) is 0.571. The summed E-state index contributed by atoms with van der Waals surface area (Å²) in [6.45, 7) is 6.47. The van der Waals surface area contributed by atoms with E-state index in [9.17, 15) is 0 Å². The van der Waals surface area contributed by atoms with Crippen LogP contribution in [0.2, 0.25) is 0 Å². The molecule has 0 spiro atoms. The summed E-state index contributed by atoms with van der Waals surface area (Å²) in [4.78, 5) is 4.53. The molecule has 2 fully saturated rings. The van der Waals surface area contributed by atoms with Crippen molar-refractivity contribution in [2.75, 3.05) is 73.9 Å². The molecule has 2 heterocycles. The zero-order chi connectivity index (χ0) is 13.9. The number of nitrogens with zero attached hydrogens (tertiary/aromatic N) is 2. The first-order valence-electron chi connectivity index (χ1n) is 7.10. The molecule has 110 valence electrons. The first-order valence-corrected chi connectivity index (χ1v) is 7.10. The predicted molar refractivity (Wildman–Crippen MR) is 81.3 cm³/mol. The van der Waals surface area contributed by atoms with Crippen LogP contribution in [0, 0.1) is 0 Å². The van der Waals surface area contributed by atoms with Crippen LogP contribution in [0.25, 0.3) is 0 Å². The van der Waals surface area contributed by atoms with Crippen molar-refractivity contribution in [2.24, 2.45) is 0 Å². The van der Waals surface area contributed by atoms with E-state index in [1.165, 1.54) is 0 Å². The van der Waals surface area contributed by atoms with Gasteiger partial charge in [-0.25, -0.2) is 0 Å². The Morgan fingerprint density at radius 3 is 1.50 bits per heavy atom. The van der Waals surface area contributed by atoms with E-state index in [1.807, 2.05) is 6.07 Å². The molecule has 20 heavy (non-hydrogen) atoms. The number of benzene rings is 1. The minimum absolute atomic E-state index is 0.737. The van der Waals surface area contributed by atoms with Gasteiger partial charge >= 0.3 is 0 Å². The summed E-state index contributed by atoms with van der Waals surface area (Å²) >= 11 is 0. The van der Waals surface area contributed by atoms with Gasteiger partial charge in [0.1, 0.15) is 0 Å². The summed E-state index contributed by atoms with van der Waals surface area (Å²) in [6.07, 6.45) is 0. The van der Waals surface area contributed by atoms with E-state index in [2.05, 4.69) is 15.9 Å². The molecule has 1 aromatic carbocycles. The second-order valence-electron chi connectivity index (χ2n) is 5.17. The van der Waals surface area contributed by atoms with Crippen molar-refractivity contribution < 1.29 is 9.47 Å². The lowest BCUT2D eigenvalue weighted by molar-refractivity contribution is 0.122. The van der Waals surface area contributed by atoms with E-state index in [4.69, 9.17) is 20.9 Å². The molecule has 2 saturated heterocycles. The summed E-state index contributed by atoms with van der Waals surface area (Å²) in [5.41, 5.74) is 15.9. The van der Waals surface area contributed by atoms with Gasteiger partial charge in [-0.15, -0.1) is 0 Å². The maximum atomic E-state index is 6.14. The highest BCUT2D eigenvalue weighted by Crippen LogP contribution is 2.35. The third-order valence-electron chi connectivity index (χ3n) is 3.88. The van der Waals surface area contributed by atoms with Crippen molar-refractivity contribution in [1.29, 1.82) is 0 Å². The van der Waals surface area contributed by atoms with E-state index < -0.39 is 0 Å². The summed E-state index contributed by atoms with van der Waals surface area (Å²) in [7, 11) is 0. The summed E-state index contributed by atoms with van der Waals surface area (Å²) in [6, 6.07) is 3.98. The predicted octanol–water partition coefficient (Wildman–Crippen LogP) is 0.524. The van der Waals surface area contributed by atoms with Crippen LogP contribution in [-0.4, -0.2) is 52.6 Å². The Balaban J connectivity index is 1.89. The van der Waals surface area contributed by atoms with Crippen LogP contribution in [0.15, 0.2) is 12.1 Å². The van der Waals surface area contributed by atoms with Crippen LogP contribution in [0.5, 0.6) is 0 Å². The van der Waals surface area contributed by atoms with Crippen molar-refractivity contribution in [2.45, 2.75) is 0 Å². The van der Waals surface area contributed by atoms with Crippen molar-refractivity contribution in [3.05, 3.63) is 12.1 Å². The van der Waals surface area contributed by atoms with Gasteiger partial charge in [0.2, 0.25) is 0 Å². The average Bonchev–Trinajstić information content (AvgIpc) is 2.49. The lowest BCUT2D eigenvalue weighted by Gasteiger charge is -2.33. The standard InChI is InChI=1S/C14H22N4O2/c15-11-9-12(16)14(18-3-7-20-8-4-18)10-13(11)17-1-5-19-6-2-17/h9-10H,1-8,15-16H2. The van der Waals surface area contributed by atoms with Gasteiger partial charge in [0.05, 0.1) is 49.2 Å². The SMILES string of the molecule is Nc1cc(N)c(N2CCOCC2)cc1N1CCOCC1. The van der Waals surface area contributed by atoms with Crippen LogP contribution in [0.4, 0.5) is 22.7 Å². The van der Waals surface area contributed by atoms with Gasteiger partial charge in [0, 0.05) is 26.2 Å². The van der Waals surface area contributed by atoms with Gasteiger partial charge in [-0.2, -0.15) is 0 Å². The topological polar surface area (TPSA) is 77.0 Å². The largest absolute Gasteiger partial charge is 0.397 e. The molecule has 4 N–H and O–H groups in total. The molecular formula is C14H22N4O2. The Labute approximate surface area is 119 Å². The van der Waals surface area contributed by atoms with Crippen molar-refractivity contribution in [1.82, 2.24) is 0 Å². The van der Waals surface area contributed by atoms with Crippen LogP contribution in [-0.2, 0) is 9.47 Å². The Bertz CT molecular complexity index is 429. The van der Waals surface area contributed by atoms with Crippen LogP contribution in [0.3, 0.4) is 0 Å².